The lowest BCUT2D eigenvalue weighted by molar-refractivity contribution is -0.127. The molecule has 1 aliphatic rings. The van der Waals surface area contributed by atoms with Crippen molar-refractivity contribution in [2.45, 2.75) is 39.2 Å². The van der Waals surface area contributed by atoms with Crippen LogP contribution >= 0.6 is 0 Å². The Kier molecular flexibility index (Phi) is 3.98. The molecule has 2 heterocycles. The van der Waals surface area contributed by atoms with E-state index in [-0.39, 0.29) is 11.8 Å². The average Bonchev–Trinajstić information content (AvgIpc) is 3.16. The quantitative estimate of drug-likeness (QED) is 0.896. The molecule has 1 amide bonds. The van der Waals surface area contributed by atoms with Gasteiger partial charge in [-0.25, -0.2) is 0 Å². The van der Waals surface area contributed by atoms with E-state index < -0.39 is 0 Å². The van der Waals surface area contributed by atoms with E-state index in [0.717, 1.165) is 19.3 Å². The minimum absolute atomic E-state index is 0.125. The van der Waals surface area contributed by atoms with Crippen LogP contribution < -0.4 is 5.32 Å². The Morgan fingerprint density at radius 2 is 2.29 bits per heavy atom. The molecule has 0 aliphatic heterocycles. The second-order valence-corrected chi connectivity index (χ2v) is 5.59. The standard InChI is InChI=1S/C14H19N5O2/c1-9-4-2-3-5-11(9)14(20)15-8-10-6-7-12(21-10)13-16-18-19-17-13/h6-7,9,11H,2-5,8H2,1H3,(H,15,20)(H,16,17,18,19). The maximum atomic E-state index is 12.2. The smallest absolute Gasteiger partial charge is 0.239 e. The molecule has 7 nitrogen and oxygen atoms in total. The number of hydrogen-bond acceptors (Lipinski definition) is 5. The van der Waals surface area contributed by atoms with E-state index in [4.69, 9.17) is 4.42 Å². The number of tetrazole rings is 1. The van der Waals surface area contributed by atoms with Gasteiger partial charge in [-0.3, -0.25) is 4.79 Å². The summed E-state index contributed by atoms with van der Waals surface area (Å²) in [5.74, 6) is 2.36. The van der Waals surface area contributed by atoms with E-state index >= 15 is 0 Å². The van der Waals surface area contributed by atoms with Gasteiger partial charge >= 0.3 is 0 Å². The molecule has 1 aliphatic carbocycles. The van der Waals surface area contributed by atoms with Gasteiger partial charge in [-0.2, -0.15) is 5.21 Å². The number of carbonyl (C=O) groups excluding carboxylic acids is 1. The molecule has 0 bridgehead atoms. The van der Waals surface area contributed by atoms with Crippen molar-refractivity contribution >= 4 is 5.91 Å². The average molecular weight is 289 g/mol. The summed E-state index contributed by atoms with van der Waals surface area (Å²) < 4.78 is 5.59. The van der Waals surface area contributed by atoms with Gasteiger partial charge in [-0.05, 0) is 36.1 Å². The Bertz CT molecular complexity index is 592. The number of nitrogens with zero attached hydrogens (tertiary/aromatic N) is 3. The fourth-order valence-electron chi connectivity index (χ4n) is 2.87. The van der Waals surface area contributed by atoms with Crippen molar-refractivity contribution in [2.24, 2.45) is 11.8 Å². The zero-order chi connectivity index (χ0) is 14.7. The van der Waals surface area contributed by atoms with Gasteiger partial charge in [0.2, 0.25) is 11.7 Å². The summed E-state index contributed by atoms with van der Waals surface area (Å²) in [6, 6.07) is 3.59. The summed E-state index contributed by atoms with van der Waals surface area (Å²) in [7, 11) is 0. The highest BCUT2D eigenvalue weighted by Gasteiger charge is 2.27. The summed E-state index contributed by atoms with van der Waals surface area (Å²) in [4.78, 5) is 12.2. The number of aromatic nitrogens is 4. The zero-order valence-electron chi connectivity index (χ0n) is 12.0. The van der Waals surface area contributed by atoms with E-state index in [9.17, 15) is 4.79 Å². The van der Waals surface area contributed by atoms with Crippen LogP contribution in [0.5, 0.6) is 0 Å². The second kappa shape index (κ2) is 6.07. The van der Waals surface area contributed by atoms with Crippen molar-refractivity contribution in [1.29, 1.82) is 0 Å². The molecule has 0 aromatic carbocycles. The number of amides is 1. The van der Waals surface area contributed by atoms with Gasteiger partial charge < -0.3 is 9.73 Å². The summed E-state index contributed by atoms with van der Waals surface area (Å²) in [5.41, 5.74) is 0. The third-order valence-electron chi connectivity index (χ3n) is 4.11. The van der Waals surface area contributed by atoms with Crippen LogP contribution in [0.3, 0.4) is 0 Å². The highest BCUT2D eigenvalue weighted by Crippen LogP contribution is 2.29. The maximum Gasteiger partial charge on any atom is 0.239 e. The lowest BCUT2D eigenvalue weighted by Crippen LogP contribution is -2.35. The van der Waals surface area contributed by atoms with Crippen molar-refractivity contribution < 1.29 is 9.21 Å². The number of H-pyrrole nitrogens is 1. The Morgan fingerprint density at radius 3 is 3.05 bits per heavy atom. The van der Waals surface area contributed by atoms with Crippen molar-refractivity contribution in [3.63, 3.8) is 0 Å². The number of nitrogens with one attached hydrogen (secondary N) is 2. The fourth-order valence-corrected chi connectivity index (χ4v) is 2.87. The first kappa shape index (κ1) is 13.8. The van der Waals surface area contributed by atoms with E-state index in [1.165, 1.54) is 6.42 Å². The minimum Gasteiger partial charge on any atom is -0.456 e. The van der Waals surface area contributed by atoms with Crippen LogP contribution in [0.15, 0.2) is 16.5 Å². The predicted octanol–water partition coefficient (Wildman–Crippen LogP) is 1.90. The van der Waals surface area contributed by atoms with Gasteiger partial charge in [-0.15, -0.1) is 10.2 Å². The van der Waals surface area contributed by atoms with Crippen LogP contribution in [0.4, 0.5) is 0 Å². The van der Waals surface area contributed by atoms with Gasteiger partial charge in [0.05, 0.1) is 6.54 Å². The Morgan fingerprint density at radius 1 is 1.43 bits per heavy atom. The summed E-state index contributed by atoms with van der Waals surface area (Å²) in [6.07, 6.45) is 4.50. The normalized spacial score (nSPS) is 22.1. The Labute approximate surface area is 122 Å². The molecule has 2 unspecified atom stereocenters. The molecule has 0 saturated heterocycles. The van der Waals surface area contributed by atoms with E-state index in [1.807, 2.05) is 6.07 Å². The van der Waals surface area contributed by atoms with Gasteiger partial charge in [-0.1, -0.05) is 19.8 Å². The second-order valence-electron chi connectivity index (χ2n) is 5.59. The van der Waals surface area contributed by atoms with E-state index in [0.29, 0.717) is 29.8 Å². The Balaban J connectivity index is 1.56. The molecule has 3 rings (SSSR count). The van der Waals surface area contributed by atoms with Gasteiger partial charge in [0, 0.05) is 5.92 Å². The predicted molar refractivity (Wildman–Crippen MR) is 74.8 cm³/mol. The lowest BCUT2D eigenvalue weighted by Gasteiger charge is -2.27. The largest absolute Gasteiger partial charge is 0.456 e. The first-order valence-electron chi connectivity index (χ1n) is 7.34. The lowest BCUT2D eigenvalue weighted by atomic mass is 9.80. The minimum atomic E-state index is 0.125. The molecular formula is C14H19N5O2. The SMILES string of the molecule is CC1CCCCC1C(=O)NCc1ccc(-c2nn[nH]n2)o1. The molecule has 21 heavy (non-hydrogen) atoms. The van der Waals surface area contributed by atoms with Crippen LogP contribution in [-0.4, -0.2) is 26.5 Å². The molecule has 112 valence electrons. The van der Waals surface area contributed by atoms with Crippen LogP contribution in [0.25, 0.3) is 11.6 Å². The van der Waals surface area contributed by atoms with Crippen molar-refractivity contribution in [3.8, 4) is 11.6 Å². The van der Waals surface area contributed by atoms with Crippen molar-refractivity contribution in [3.05, 3.63) is 17.9 Å². The molecule has 2 N–H and O–H groups in total. The topological polar surface area (TPSA) is 96.7 Å². The Hall–Kier alpha value is -2.18. The van der Waals surface area contributed by atoms with Crippen LogP contribution in [-0.2, 0) is 11.3 Å². The van der Waals surface area contributed by atoms with Crippen LogP contribution in [0.1, 0.15) is 38.4 Å². The van der Waals surface area contributed by atoms with Crippen LogP contribution in [0, 0.1) is 11.8 Å². The van der Waals surface area contributed by atoms with Crippen molar-refractivity contribution in [1.82, 2.24) is 25.9 Å². The molecule has 2 aromatic rings. The zero-order valence-corrected chi connectivity index (χ0v) is 12.0. The summed E-state index contributed by atoms with van der Waals surface area (Å²) in [6.45, 7) is 2.55. The first-order valence-corrected chi connectivity index (χ1v) is 7.34. The summed E-state index contributed by atoms with van der Waals surface area (Å²) in [5, 5.41) is 16.5. The number of carbonyl (C=O) groups is 1. The first-order chi connectivity index (χ1) is 10.2. The van der Waals surface area contributed by atoms with Crippen molar-refractivity contribution in [2.75, 3.05) is 0 Å². The van der Waals surface area contributed by atoms with Gasteiger partial charge in [0.25, 0.3) is 0 Å². The summed E-state index contributed by atoms with van der Waals surface area (Å²) >= 11 is 0. The maximum absolute atomic E-state index is 12.2. The van der Waals surface area contributed by atoms with E-state index in [1.54, 1.807) is 6.07 Å². The third-order valence-corrected chi connectivity index (χ3v) is 4.11. The van der Waals surface area contributed by atoms with E-state index in [2.05, 4.69) is 32.9 Å². The monoisotopic (exact) mass is 289 g/mol. The molecule has 7 heteroatoms. The molecule has 2 atom stereocenters. The molecule has 1 saturated carbocycles. The fraction of sp³-hybridized carbons (Fsp3) is 0.571. The number of aromatic amines is 1. The number of rotatable bonds is 4. The molecular weight excluding hydrogens is 270 g/mol. The number of hydrogen-bond donors (Lipinski definition) is 2. The van der Waals surface area contributed by atoms with Gasteiger partial charge in [0.15, 0.2) is 5.76 Å². The number of furan rings is 1. The van der Waals surface area contributed by atoms with Gasteiger partial charge in [0.1, 0.15) is 5.76 Å². The third kappa shape index (κ3) is 3.12. The molecule has 0 spiro atoms. The highest BCUT2D eigenvalue weighted by molar-refractivity contribution is 5.78. The molecule has 2 aromatic heterocycles. The molecule has 0 radical (unpaired) electrons. The van der Waals surface area contributed by atoms with Crippen LogP contribution in [0.2, 0.25) is 0 Å². The highest BCUT2D eigenvalue weighted by atomic mass is 16.3. The molecule has 1 fully saturated rings.